The second kappa shape index (κ2) is 5.97. The van der Waals surface area contributed by atoms with E-state index in [0.717, 1.165) is 5.56 Å². The number of rotatable bonds is 5. The number of nitrogen functional groups attached to an aromatic ring is 1. The summed E-state index contributed by atoms with van der Waals surface area (Å²) in [6.07, 6.45) is 0. The average Bonchev–Trinajstić information content (AvgIpc) is 2.44. The van der Waals surface area contributed by atoms with Crippen LogP contribution in [0.5, 0.6) is 11.5 Å². The minimum atomic E-state index is -0.522. The normalized spacial score (nSPS) is 10.1. The van der Waals surface area contributed by atoms with Crippen molar-refractivity contribution in [2.24, 2.45) is 5.73 Å². The van der Waals surface area contributed by atoms with Gasteiger partial charge >= 0.3 is 0 Å². The van der Waals surface area contributed by atoms with Gasteiger partial charge in [-0.3, -0.25) is 4.79 Å². The monoisotopic (exact) mass is 272 g/mol. The average molecular weight is 272 g/mol. The summed E-state index contributed by atoms with van der Waals surface area (Å²) in [6.45, 7) is 0.270. The van der Waals surface area contributed by atoms with Crippen molar-refractivity contribution in [3.63, 3.8) is 0 Å². The Hall–Kier alpha value is -2.69. The molecule has 20 heavy (non-hydrogen) atoms. The van der Waals surface area contributed by atoms with E-state index in [4.69, 9.17) is 20.9 Å². The Labute approximate surface area is 117 Å². The molecule has 0 heterocycles. The van der Waals surface area contributed by atoms with Gasteiger partial charge in [0.15, 0.2) is 0 Å². The van der Waals surface area contributed by atoms with E-state index in [9.17, 15) is 4.79 Å². The Bertz CT molecular complexity index is 626. The number of primary amides is 1. The number of hydrogen-bond donors (Lipinski definition) is 2. The summed E-state index contributed by atoms with van der Waals surface area (Å²) in [5.74, 6) is 0.582. The number of benzene rings is 2. The molecule has 0 aliphatic carbocycles. The zero-order valence-electron chi connectivity index (χ0n) is 11.1. The summed E-state index contributed by atoms with van der Waals surface area (Å²) < 4.78 is 10.8. The van der Waals surface area contributed by atoms with Gasteiger partial charge in [0.2, 0.25) is 0 Å². The molecular formula is C15H16N2O3. The molecule has 0 spiro atoms. The maximum absolute atomic E-state index is 11.3. The highest BCUT2D eigenvalue weighted by Crippen LogP contribution is 2.22. The lowest BCUT2D eigenvalue weighted by molar-refractivity contribution is 0.0996. The predicted octanol–water partition coefficient (Wildman–Crippen LogP) is 1.96. The molecule has 2 aromatic carbocycles. The van der Waals surface area contributed by atoms with Crippen LogP contribution in [0.2, 0.25) is 0 Å². The third-order valence-corrected chi connectivity index (χ3v) is 2.77. The molecule has 0 aliphatic heterocycles. The summed E-state index contributed by atoms with van der Waals surface area (Å²) in [6, 6.07) is 12.2. The van der Waals surface area contributed by atoms with Crippen LogP contribution in [0.4, 0.5) is 5.69 Å². The molecular weight excluding hydrogens is 256 g/mol. The van der Waals surface area contributed by atoms with Gasteiger partial charge in [-0.05, 0) is 29.8 Å². The minimum absolute atomic E-state index is 0.270. The number of para-hydroxylation sites is 1. The van der Waals surface area contributed by atoms with Crippen molar-refractivity contribution in [3.05, 3.63) is 53.6 Å². The zero-order chi connectivity index (χ0) is 14.5. The predicted molar refractivity (Wildman–Crippen MR) is 76.7 cm³/mol. The van der Waals surface area contributed by atoms with Crippen LogP contribution in [0, 0.1) is 0 Å². The van der Waals surface area contributed by atoms with Crippen molar-refractivity contribution in [1.82, 2.24) is 0 Å². The lowest BCUT2D eigenvalue weighted by atomic mass is 10.2. The summed E-state index contributed by atoms with van der Waals surface area (Å²) in [7, 11) is 1.57. The Balaban J connectivity index is 2.17. The molecule has 1 amide bonds. The molecule has 0 fully saturated rings. The van der Waals surface area contributed by atoms with Gasteiger partial charge < -0.3 is 20.9 Å². The van der Waals surface area contributed by atoms with Gasteiger partial charge in [0, 0.05) is 11.8 Å². The van der Waals surface area contributed by atoms with Gasteiger partial charge in [-0.15, -0.1) is 0 Å². The molecule has 0 atom stereocenters. The van der Waals surface area contributed by atoms with Crippen molar-refractivity contribution in [1.29, 1.82) is 0 Å². The Morgan fingerprint density at radius 3 is 2.65 bits per heavy atom. The molecule has 5 heteroatoms. The maximum Gasteiger partial charge on any atom is 0.252 e. The first-order valence-corrected chi connectivity index (χ1v) is 6.05. The highest BCUT2D eigenvalue weighted by molar-refractivity contribution is 5.95. The molecule has 2 aromatic rings. The van der Waals surface area contributed by atoms with Gasteiger partial charge in [0.05, 0.1) is 12.7 Å². The summed E-state index contributed by atoms with van der Waals surface area (Å²) in [5.41, 5.74) is 12.9. The third kappa shape index (κ3) is 3.20. The smallest absolute Gasteiger partial charge is 0.252 e. The van der Waals surface area contributed by atoms with Crippen LogP contribution in [0.15, 0.2) is 42.5 Å². The first kappa shape index (κ1) is 13.7. The van der Waals surface area contributed by atoms with Crippen molar-refractivity contribution in [3.8, 4) is 11.5 Å². The SMILES string of the molecule is COc1cc(N)cc(COc2ccccc2C(N)=O)c1. The van der Waals surface area contributed by atoms with Crippen molar-refractivity contribution in [2.45, 2.75) is 6.61 Å². The van der Waals surface area contributed by atoms with E-state index in [2.05, 4.69) is 0 Å². The van der Waals surface area contributed by atoms with E-state index in [1.54, 1.807) is 43.5 Å². The number of carbonyl (C=O) groups is 1. The van der Waals surface area contributed by atoms with Gasteiger partial charge in [-0.1, -0.05) is 12.1 Å². The van der Waals surface area contributed by atoms with Crippen molar-refractivity contribution < 1.29 is 14.3 Å². The van der Waals surface area contributed by atoms with E-state index in [-0.39, 0.29) is 6.61 Å². The minimum Gasteiger partial charge on any atom is -0.497 e. The molecule has 0 aromatic heterocycles. The molecule has 104 valence electrons. The van der Waals surface area contributed by atoms with E-state index in [0.29, 0.717) is 22.7 Å². The number of hydrogen-bond acceptors (Lipinski definition) is 4. The highest BCUT2D eigenvalue weighted by atomic mass is 16.5. The second-order valence-electron chi connectivity index (χ2n) is 4.26. The number of methoxy groups -OCH3 is 1. The second-order valence-corrected chi connectivity index (χ2v) is 4.26. The number of nitrogens with two attached hydrogens (primary N) is 2. The number of amides is 1. The standard InChI is InChI=1S/C15H16N2O3/c1-19-12-7-10(6-11(16)8-12)9-20-14-5-3-2-4-13(14)15(17)18/h2-8H,9,16H2,1H3,(H2,17,18). The zero-order valence-corrected chi connectivity index (χ0v) is 11.1. The summed E-state index contributed by atoms with van der Waals surface area (Å²) in [5, 5.41) is 0. The van der Waals surface area contributed by atoms with Crippen LogP contribution in [0.1, 0.15) is 15.9 Å². The lowest BCUT2D eigenvalue weighted by Crippen LogP contribution is -2.12. The van der Waals surface area contributed by atoms with Crippen molar-refractivity contribution >= 4 is 11.6 Å². The van der Waals surface area contributed by atoms with Crippen LogP contribution in [-0.4, -0.2) is 13.0 Å². The molecule has 0 unspecified atom stereocenters. The van der Waals surface area contributed by atoms with E-state index in [1.165, 1.54) is 0 Å². The molecule has 0 saturated heterocycles. The molecule has 0 saturated carbocycles. The van der Waals surface area contributed by atoms with Crippen LogP contribution in [-0.2, 0) is 6.61 Å². The lowest BCUT2D eigenvalue weighted by Gasteiger charge is -2.11. The fourth-order valence-corrected chi connectivity index (χ4v) is 1.84. The fourth-order valence-electron chi connectivity index (χ4n) is 1.84. The number of ether oxygens (including phenoxy) is 2. The Morgan fingerprint density at radius 1 is 1.20 bits per heavy atom. The fraction of sp³-hybridized carbons (Fsp3) is 0.133. The van der Waals surface area contributed by atoms with Crippen LogP contribution < -0.4 is 20.9 Å². The van der Waals surface area contributed by atoms with Gasteiger partial charge in [-0.25, -0.2) is 0 Å². The van der Waals surface area contributed by atoms with Crippen LogP contribution in [0.3, 0.4) is 0 Å². The highest BCUT2D eigenvalue weighted by Gasteiger charge is 2.08. The first-order valence-electron chi connectivity index (χ1n) is 6.05. The van der Waals surface area contributed by atoms with Gasteiger partial charge in [0.25, 0.3) is 5.91 Å². The van der Waals surface area contributed by atoms with Crippen LogP contribution in [0.25, 0.3) is 0 Å². The topological polar surface area (TPSA) is 87.6 Å². The van der Waals surface area contributed by atoms with Gasteiger partial charge in [-0.2, -0.15) is 0 Å². The van der Waals surface area contributed by atoms with E-state index in [1.807, 2.05) is 6.07 Å². The molecule has 0 bridgehead atoms. The molecule has 0 radical (unpaired) electrons. The maximum atomic E-state index is 11.3. The first-order chi connectivity index (χ1) is 9.60. The molecule has 2 rings (SSSR count). The Morgan fingerprint density at radius 2 is 1.95 bits per heavy atom. The number of anilines is 1. The summed E-state index contributed by atoms with van der Waals surface area (Å²) >= 11 is 0. The van der Waals surface area contributed by atoms with Crippen molar-refractivity contribution in [2.75, 3.05) is 12.8 Å². The molecule has 0 aliphatic rings. The Kier molecular flexibility index (Phi) is 4.10. The third-order valence-electron chi connectivity index (χ3n) is 2.77. The molecule has 5 nitrogen and oxygen atoms in total. The van der Waals surface area contributed by atoms with E-state index >= 15 is 0 Å². The van der Waals surface area contributed by atoms with Gasteiger partial charge in [0.1, 0.15) is 18.1 Å². The number of carbonyl (C=O) groups excluding carboxylic acids is 1. The summed E-state index contributed by atoms with van der Waals surface area (Å²) in [4.78, 5) is 11.3. The largest absolute Gasteiger partial charge is 0.497 e. The van der Waals surface area contributed by atoms with E-state index < -0.39 is 5.91 Å². The van der Waals surface area contributed by atoms with Crippen LogP contribution >= 0.6 is 0 Å². The molecule has 4 N–H and O–H groups in total. The quantitative estimate of drug-likeness (QED) is 0.814.